The molecule has 1 aliphatic carbocycles. The molecule has 1 saturated carbocycles. The molecule has 19 heavy (non-hydrogen) atoms. The van der Waals surface area contributed by atoms with E-state index in [0.717, 1.165) is 24.2 Å². The van der Waals surface area contributed by atoms with Gasteiger partial charge in [0.1, 0.15) is 0 Å². The van der Waals surface area contributed by atoms with Gasteiger partial charge in [0.15, 0.2) is 0 Å². The first-order valence-electron chi connectivity index (χ1n) is 7.56. The highest BCUT2D eigenvalue weighted by atomic mass is 32.1. The van der Waals surface area contributed by atoms with Crippen molar-refractivity contribution >= 4 is 11.5 Å². The molecule has 1 aliphatic heterocycles. The summed E-state index contributed by atoms with van der Waals surface area (Å²) in [6.45, 7) is 5.80. The summed E-state index contributed by atoms with van der Waals surface area (Å²) in [6.07, 6.45) is 7.03. The number of hydrogen-bond acceptors (Lipinski definition) is 5. The Bertz CT molecular complexity index is 377. The zero-order valence-corrected chi connectivity index (χ0v) is 12.5. The molecule has 106 valence electrons. The third kappa shape index (κ3) is 3.33. The molecule has 0 spiro atoms. The molecular weight excluding hydrogens is 256 g/mol. The lowest BCUT2D eigenvalue weighted by atomic mass is 9.85. The van der Waals surface area contributed by atoms with Gasteiger partial charge in [0, 0.05) is 30.6 Å². The minimum Gasteiger partial charge on any atom is -0.308 e. The molecular formula is C14H24N4S. The average Bonchev–Trinajstić information content (AvgIpc) is 2.87. The summed E-state index contributed by atoms with van der Waals surface area (Å²) in [5.41, 5.74) is 1.07. The van der Waals surface area contributed by atoms with Gasteiger partial charge >= 0.3 is 0 Å². The highest BCUT2D eigenvalue weighted by Crippen LogP contribution is 2.30. The third-order valence-corrected chi connectivity index (χ3v) is 5.35. The molecule has 0 aromatic carbocycles. The first-order valence-corrected chi connectivity index (χ1v) is 8.40. The van der Waals surface area contributed by atoms with Crippen LogP contribution in [0.1, 0.15) is 44.7 Å². The molecule has 0 unspecified atom stereocenters. The fourth-order valence-electron chi connectivity index (χ4n) is 3.23. The molecule has 4 nitrogen and oxygen atoms in total. The van der Waals surface area contributed by atoms with Crippen LogP contribution in [0.5, 0.6) is 0 Å². The van der Waals surface area contributed by atoms with Gasteiger partial charge in [0.2, 0.25) is 0 Å². The minimum absolute atomic E-state index is 0.574. The van der Waals surface area contributed by atoms with Crippen molar-refractivity contribution in [3.8, 4) is 0 Å². The molecule has 0 bridgehead atoms. The van der Waals surface area contributed by atoms with Crippen LogP contribution < -0.4 is 5.32 Å². The second-order valence-electron chi connectivity index (χ2n) is 6.05. The molecule has 2 heterocycles. The van der Waals surface area contributed by atoms with Crippen LogP contribution in [0.3, 0.4) is 0 Å². The van der Waals surface area contributed by atoms with Gasteiger partial charge in [0.25, 0.3) is 0 Å². The molecule has 3 rings (SSSR count). The molecule has 0 radical (unpaired) electrons. The number of likely N-dealkylation sites (tertiary alicyclic amines) is 1. The van der Waals surface area contributed by atoms with Crippen molar-refractivity contribution in [2.75, 3.05) is 13.1 Å². The van der Waals surface area contributed by atoms with Crippen LogP contribution in [0.2, 0.25) is 0 Å². The van der Waals surface area contributed by atoms with Crippen molar-refractivity contribution in [1.29, 1.82) is 0 Å². The normalized spacial score (nSPS) is 27.1. The lowest BCUT2D eigenvalue weighted by Crippen LogP contribution is -2.49. The Kier molecular flexibility index (Phi) is 4.45. The minimum atomic E-state index is 0.574. The summed E-state index contributed by atoms with van der Waals surface area (Å²) in [7, 11) is 0. The molecule has 1 N–H and O–H groups in total. The van der Waals surface area contributed by atoms with Gasteiger partial charge in [-0.1, -0.05) is 10.9 Å². The van der Waals surface area contributed by atoms with E-state index in [9.17, 15) is 0 Å². The van der Waals surface area contributed by atoms with Crippen molar-refractivity contribution < 1.29 is 0 Å². The van der Waals surface area contributed by atoms with Crippen molar-refractivity contribution in [3.05, 3.63) is 11.1 Å². The van der Waals surface area contributed by atoms with Gasteiger partial charge in [-0.3, -0.25) is 0 Å². The molecule has 0 amide bonds. The van der Waals surface area contributed by atoms with Gasteiger partial charge in [0.05, 0.1) is 5.69 Å². The van der Waals surface area contributed by atoms with Crippen LogP contribution in [0.4, 0.5) is 0 Å². The predicted molar refractivity (Wildman–Crippen MR) is 78.1 cm³/mol. The van der Waals surface area contributed by atoms with Crippen LogP contribution in [-0.4, -0.2) is 39.7 Å². The van der Waals surface area contributed by atoms with E-state index in [1.54, 1.807) is 0 Å². The van der Waals surface area contributed by atoms with Gasteiger partial charge in [-0.2, -0.15) is 0 Å². The van der Waals surface area contributed by atoms with Gasteiger partial charge in [-0.25, -0.2) is 0 Å². The van der Waals surface area contributed by atoms with Crippen molar-refractivity contribution in [2.24, 2.45) is 5.92 Å². The van der Waals surface area contributed by atoms with Crippen molar-refractivity contribution in [3.63, 3.8) is 0 Å². The van der Waals surface area contributed by atoms with Crippen LogP contribution in [0.25, 0.3) is 0 Å². The van der Waals surface area contributed by atoms with Crippen molar-refractivity contribution in [1.82, 2.24) is 19.8 Å². The molecule has 2 atom stereocenters. The monoisotopic (exact) mass is 280 g/mol. The van der Waals surface area contributed by atoms with Gasteiger partial charge < -0.3 is 10.2 Å². The summed E-state index contributed by atoms with van der Waals surface area (Å²) in [5, 5.41) is 9.75. The molecule has 2 aliphatic rings. The Balaban J connectivity index is 1.47. The van der Waals surface area contributed by atoms with E-state index in [1.807, 2.05) is 5.38 Å². The summed E-state index contributed by atoms with van der Waals surface area (Å²) in [5.74, 6) is 0.793. The van der Waals surface area contributed by atoms with E-state index in [1.165, 1.54) is 56.7 Å². The Morgan fingerprint density at radius 2 is 2.32 bits per heavy atom. The Morgan fingerprint density at radius 3 is 3.00 bits per heavy atom. The molecule has 5 heteroatoms. The highest BCUT2D eigenvalue weighted by molar-refractivity contribution is 7.03. The standard InChI is InChI=1S/C14H24N4S/c1-11(15-8-13-10-19-17-16-13)12-4-3-7-18(9-12)14-5-2-6-14/h10-12,14-15H,2-9H2,1H3/t11-,12+/m0/s1. The van der Waals surface area contributed by atoms with E-state index in [-0.39, 0.29) is 0 Å². The van der Waals surface area contributed by atoms with Gasteiger partial charge in [-0.05, 0) is 56.6 Å². The lowest BCUT2D eigenvalue weighted by Gasteiger charge is -2.44. The summed E-state index contributed by atoms with van der Waals surface area (Å²) in [4.78, 5) is 2.74. The number of nitrogens with one attached hydrogen (secondary N) is 1. The molecule has 1 aromatic heterocycles. The number of piperidine rings is 1. The van der Waals surface area contributed by atoms with Crippen LogP contribution >= 0.6 is 11.5 Å². The third-order valence-electron chi connectivity index (χ3n) is 4.80. The van der Waals surface area contributed by atoms with Gasteiger partial charge in [-0.15, -0.1) is 5.10 Å². The first kappa shape index (κ1) is 13.5. The van der Waals surface area contributed by atoms with Crippen molar-refractivity contribution in [2.45, 2.75) is 57.7 Å². The zero-order valence-electron chi connectivity index (χ0n) is 11.7. The maximum Gasteiger partial charge on any atom is 0.0893 e. The van der Waals surface area contributed by atoms with Crippen LogP contribution in [0, 0.1) is 5.92 Å². The Morgan fingerprint density at radius 1 is 1.42 bits per heavy atom. The van der Waals surface area contributed by atoms with E-state index in [4.69, 9.17) is 0 Å². The summed E-state index contributed by atoms with van der Waals surface area (Å²) < 4.78 is 3.91. The second-order valence-corrected chi connectivity index (χ2v) is 6.66. The summed E-state index contributed by atoms with van der Waals surface area (Å²) in [6, 6.07) is 1.47. The van der Waals surface area contributed by atoms with E-state index in [2.05, 4.69) is 26.7 Å². The Hall–Kier alpha value is -0.520. The maximum absolute atomic E-state index is 4.09. The van der Waals surface area contributed by atoms with Crippen LogP contribution in [-0.2, 0) is 6.54 Å². The fraction of sp³-hybridized carbons (Fsp3) is 0.857. The average molecular weight is 280 g/mol. The Labute approximate surface area is 119 Å². The van der Waals surface area contributed by atoms with Crippen LogP contribution in [0.15, 0.2) is 5.38 Å². The molecule has 1 aromatic rings. The van der Waals surface area contributed by atoms with E-state index in [0.29, 0.717) is 6.04 Å². The second kappa shape index (κ2) is 6.29. The fourth-order valence-corrected chi connectivity index (χ4v) is 3.68. The molecule has 2 fully saturated rings. The predicted octanol–water partition coefficient (Wildman–Crippen LogP) is 2.28. The zero-order chi connectivity index (χ0) is 13.1. The maximum atomic E-state index is 4.09. The number of hydrogen-bond donors (Lipinski definition) is 1. The number of nitrogens with zero attached hydrogens (tertiary/aromatic N) is 3. The van der Waals surface area contributed by atoms with E-state index < -0.39 is 0 Å². The topological polar surface area (TPSA) is 41.1 Å². The quantitative estimate of drug-likeness (QED) is 0.898. The number of rotatable bonds is 5. The smallest absolute Gasteiger partial charge is 0.0893 e. The molecule has 1 saturated heterocycles. The first-order chi connectivity index (χ1) is 9.33. The highest BCUT2D eigenvalue weighted by Gasteiger charge is 2.31. The van der Waals surface area contributed by atoms with E-state index >= 15 is 0 Å². The largest absolute Gasteiger partial charge is 0.308 e. The SMILES string of the molecule is C[C@H](NCc1csnn1)[C@@H]1CCCN(C2CCC2)C1. The summed E-state index contributed by atoms with van der Waals surface area (Å²) >= 11 is 1.43. The lowest BCUT2D eigenvalue weighted by molar-refractivity contribution is 0.0665. The number of aromatic nitrogens is 2.